The summed E-state index contributed by atoms with van der Waals surface area (Å²) in [6.45, 7) is 0. The summed E-state index contributed by atoms with van der Waals surface area (Å²) in [4.78, 5) is 12.2. The molecule has 0 unspecified atom stereocenters. The molecular weight excluding hydrogens is 259 g/mol. The van der Waals surface area contributed by atoms with Gasteiger partial charge in [-0.2, -0.15) is 0 Å². The fourth-order valence-corrected chi connectivity index (χ4v) is 2.14. The van der Waals surface area contributed by atoms with Gasteiger partial charge in [-0.25, -0.2) is 4.39 Å². The molecule has 2 aromatic rings. The van der Waals surface area contributed by atoms with E-state index in [1.54, 1.807) is 7.11 Å². The first-order valence-electron chi connectivity index (χ1n) is 6.28. The lowest BCUT2D eigenvalue weighted by atomic mass is 10.0. The fourth-order valence-electron chi connectivity index (χ4n) is 2.14. The Bertz CT molecular complexity index is 619. The summed E-state index contributed by atoms with van der Waals surface area (Å²) in [5, 5.41) is 0. The number of halogens is 1. The minimum atomic E-state index is -0.478. The van der Waals surface area contributed by atoms with Crippen molar-refractivity contribution >= 4 is 5.78 Å². The molecule has 1 saturated heterocycles. The predicted octanol–water partition coefficient (Wildman–Crippen LogP) is 3.16. The van der Waals surface area contributed by atoms with Crippen LogP contribution in [0.5, 0.6) is 5.75 Å². The molecule has 0 bridgehead atoms. The summed E-state index contributed by atoms with van der Waals surface area (Å²) >= 11 is 0. The average Bonchev–Trinajstić information content (AvgIpc) is 3.28. The molecule has 3 rings (SSSR count). The third kappa shape index (κ3) is 2.42. The van der Waals surface area contributed by atoms with E-state index in [2.05, 4.69) is 0 Å². The smallest absolute Gasteiger partial charge is 0.194 e. The Morgan fingerprint density at radius 2 is 1.75 bits per heavy atom. The monoisotopic (exact) mass is 272 g/mol. The van der Waals surface area contributed by atoms with Crippen molar-refractivity contribution in [3.05, 3.63) is 65.5 Å². The SMILES string of the molecule is COc1ccc([C@@H]2O[C@@H]2C(=O)c2ccc(F)cc2)cc1. The second-order valence-corrected chi connectivity index (χ2v) is 4.62. The molecule has 0 saturated carbocycles. The molecule has 0 radical (unpaired) electrons. The maximum absolute atomic E-state index is 12.8. The lowest BCUT2D eigenvalue weighted by Gasteiger charge is -2.00. The van der Waals surface area contributed by atoms with Gasteiger partial charge in [0.2, 0.25) is 0 Å². The van der Waals surface area contributed by atoms with Crippen LogP contribution in [-0.2, 0) is 4.74 Å². The summed E-state index contributed by atoms with van der Waals surface area (Å²) in [6.07, 6.45) is -0.702. The lowest BCUT2D eigenvalue weighted by Crippen LogP contribution is -2.08. The zero-order valence-corrected chi connectivity index (χ0v) is 10.9. The Balaban J connectivity index is 1.71. The molecule has 0 spiro atoms. The van der Waals surface area contributed by atoms with Gasteiger partial charge in [-0.3, -0.25) is 4.79 Å². The van der Waals surface area contributed by atoms with Crippen molar-refractivity contribution in [1.82, 2.24) is 0 Å². The molecule has 1 fully saturated rings. The molecule has 2 atom stereocenters. The molecule has 1 heterocycles. The Labute approximate surface area is 115 Å². The van der Waals surface area contributed by atoms with E-state index in [9.17, 15) is 9.18 Å². The highest BCUT2D eigenvalue weighted by molar-refractivity contribution is 6.01. The first-order chi connectivity index (χ1) is 9.69. The highest BCUT2D eigenvalue weighted by Crippen LogP contribution is 2.41. The number of ketones is 1. The van der Waals surface area contributed by atoms with E-state index in [1.165, 1.54) is 24.3 Å². The third-order valence-electron chi connectivity index (χ3n) is 3.32. The summed E-state index contributed by atoms with van der Waals surface area (Å²) in [5.74, 6) is 0.284. The standard InChI is InChI=1S/C16H13FO3/c1-19-13-8-4-11(5-9-13)15-16(20-15)14(18)10-2-6-12(17)7-3-10/h2-9,15-16H,1H3/t15-,16+/m0/s1. The molecule has 1 aliphatic rings. The number of methoxy groups -OCH3 is 1. The molecule has 102 valence electrons. The molecule has 0 aliphatic carbocycles. The Morgan fingerprint density at radius 1 is 1.10 bits per heavy atom. The van der Waals surface area contributed by atoms with Crippen LogP contribution in [0.25, 0.3) is 0 Å². The predicted molar refractivity (Wildman–Crippen MR) is 71.3 cm³/mol. The zero-order chi connectivity index (χ0) is 14.1. The zero-order valence-electron chi connectivity index (χ0n) is 10.9. The second kappa shape index (κ2) is 5.06. The van der Waals surface area contributed by atoms with Gasteiger partial charge in [0.15, 0.2) is 11.9 Å². The van der Waals surface area contributed by atoms with Crippen molar-refractivity contribution in [2.45, 2.75) is 12.2 Å². The largest absolute Gasteiger partial charge is 0.497 e. The van der Waals surface area contributed by atoms with Crippen LogP contribution in [-0.4, -0.2) is 19.0 Å². The van der Waals surface area contributed by atoms with Crippen LogP contribution in [0, 0.1) is 5.82 Å². The second-order valence-electron chi connectivity index (χ2n) is 4.62. The molecular formula is C16H13FO3. The molecule has 0 amide bonds. The number of carbonyl (C=O) groups is 1. The van der Waals surface area contributed by atoms with Crippen molar-refractivity contribution < 1.29 is 18.7 Å². The molecule has 4 heteroatoms. The Kier molecular flexibility index (Phi) is 3.24. The van der Waals surface area contributed by atoms with Gasteiger partial charge in [-0.15, -0.1) is 0 Å². The molecule has 1 aliphatic heterocycles. The van der Waals surface area contributed by atoms with E-state index in [0.717, 1.165) is 11.3 Å². The van der Waals surface area contributed by atoms with Gasteiger partial charge >= 0.3 is 0 Å². The number of rotatable bonds is 4. The maximum Gasteiger partial charge on any atom is 0.194 e. The minimum absolute atomic E-state index is 0.120. The van der Waals surface area contributed by atoms with Crippen LogP contribution in [0.2, 0.25) is 0 Å². The van der Waals surface area contributed by atoms with Crippen molar-refractivity contribution in [3.8, 4) is 5.75 Å². The average molecular weight is 272 g/mol. The lowest BCUT2D eigenvalue weighted by molar-refractivity contribution is 0.0953. The summed E-state index contributed by atoms with van der Waals surface area (Å²) in [7, 11) is 1.60. The van der Waals surface area contributed by atoms with Gasteiger partial charge < -0.3 is 9.47 Å². The van der Waals surface area contributed by atoms with Crippen LogP contribution in [0.1, 0.15) is 22.0 Å². The molecule has 20 heavy (non-hydrogen) atoms. The van der Waals surface area contributed by atoms with E-state index in [-0.39, 0.29) is 17.7 Å². The summed E-state index contributed by atoms with van der Waals surface area (Å²) in [5.41, 5.74) is 1.40. The van der Waals surface area contributed by atoms with Crippen LogP contribution < -0.4 is 4.74 Å². The minimum Gasteiger partial charge on any atom is -0.497 e. The third-order valence-corrected chi connectivity index (χ3v) is 3.32. The summed E-state index contributed by atoms with van der Waals surface area (Å²) < 4.78 is 23.3. The van der Waals surface area contributed by atoms with Crippen LogP contribution in [0.15, 0.2) is 48.5 Å². The molecule has 0 N–H and O–H groups in total. The highest BCUT2D eigenvalue weighted by atomic mass is 19.1. The van der Waals surface area contributed by atoms with Crippen molar-refractivity contribution in [2.24, 2.45) is 0 Å². The normalized spacial score (nSPS) is 20.5. The van der Waals surface area contributed by atoms with Gasteiger partial charge in [-0.1, -0.05) is 12.1 Å². The molecule has 2 aromatic carbocycles. The number of epoxide rings is 1. The van der Waals surface area contributed by atoms with E-state index < -0.39 is 6.10 Å². The molecule has 0 aromatic heterocycles. The van der Waals surface area contributed by atoms with E-state index in [0.29, 0.717) is 5.56 Å². The summed E-state index contributed by atoms with van der Waals surface area (Å²) in [6, 6.07) is 12.9. The van der Waals surface area contributed by atoms with Gasteiger partial charge in [0.25, 0.3) is 0 Å². The van der Waals surface area contributed by atoms with Crippen molar-refractivity contribution in [1.29, 1.82) is 0 Å². The quantitative estimate of drug-likeness (QED) is 0.634. The Hall–Kier alpha value is -2.20. The van der Waals surface area contributed by atoms with E-state index in [4.69, 9.17) is 9.47 Å². The number of benzene rings is 2. The first kappa shape index (κ1) is 12.8. The van der Waals surface area contributed by atoms with Crippen LogP contribution in [0.4, 0.5) is 4.39 Å². The molecule has 3 nitrogen and oxygen atoms in total. The maximum atomic E-state index is 12.8. The number of hydrogen-bond acceptors (Lipinski definition) is 3. The van der Waals surface area contributed by atoms with E-state index >= 15 is 0 Å². The highest BCUT2D eigenvalue weighted by Gasteiger charge is 2.46. The van der Waals surface area contributed by atoms with Crippen molar-refractivity contribution in [3.63, 3.8) is 0 Å². The van der Waals surface area contributed by atoms with Gasteiger partial charge in [-0.05, 0) is 42.0 Å². The van der Waals surface area contributed by atoms with Crippen LogP contribution in [0.3, 0.4) is 0 Å². The topological polar surface area (TPSA) is 38.8 Å². The van der Waals surface area contributed by atoms with Gasteiger partial charge in [0.1, 0.15) is 17.7 Å². The number of carbonyl (C=O) groups excluding carboxylic acids is 1. The van der Waals surface area contributed by atoms with Gasteiger partial charge in [0.05, 0.1) is 7.11 Å². The Morgan fingerprint density at radius 3 is 2.35 bits per heavy atom. The fraction of sp³-hybridized carbons (Fsp3) is 0.188. The van der Waals surface area contributed by atoms with Gasteiger partial charge in [0, 0.05) is 5.56 Å². The van der Waals surface area contributed by atoms with Crippen LogP contribution >= 0.6 is 0 Å². The number of hydrogen-bond donors (Lipinski definition) is 0. The first-order valence-corrected chi connectivity index (χ1v) is 6.28. The number of Topliss-reactive ketones (excluding diaryl/α,β-unsaturated/α-hetero) is 1. The number of ether oxygens (including phenoxy) is 2. The van der Waals surface area contributed by atoms with E-state index in [1.807, 2.05) is 24.3 Å². The van der Waals surface area contributed by atoms with Crippen molar-refractivity contribution in [2.75, 3.05) is 7.11 Å².